The molecule has 2 aromatic rings. The molecule has 10 heteroatoms. The smallest absolute Gasteiger partial charge is 0.341 e. The number of aromatic nitrogens is 1. The molecular formula is C20H17N2O6S2-. The second-order valence-electron chi connectivity index (χ2n) is 6.90. The molecular weight excluding hydrogens is 428 g/mol. The van der Waals surface area contributed by atoms with Crippen molar-refractivity contribution in [2.45, 2.75) is 42.4 Å². The van der Waals surface area contributed by atoms with E-state index in [1.165, 1.54) is 36.8 Å². The Bertz CT molecular complexity index is 1060. The van der Waals surface area contributed by atoms with E-state index in [0.717, 1.165) is 46.4 Å². The molecule has 2 amide bonds. The number of aromatic carboxylic acids is 1. The van der Waals surface area contributed by atoms with Crippen LogP contribution in [0.3, 0.4) is 0 Å². The van der Waals surface area contributed by atoms with Gasteiger partial charge in [0.2, 0.25) is 11.8 Å². The zero-order valence-electron chi connectivity index (χ0n) is 16.0. The van der Waals surface area contributed by atoms with E-state index >= 15 is 0 Å². The van der Waals surface area contributed by atoms with Crippen LogP contribution in [0.15, 0.2) is 23.4 Å². The summed E-state index contributed by atoms with van der Waals surface area (Å²) in [6.07, 6.45) is 4.71. The van der Waals surface area contributed by atoms with E-state index in [1.807, 2.05) is 0 Å². The number of nitrogens with zero attached hydrogens (tertiary/aromatic N) is 2. The number of amides is 2. The van der Waals surface area contributed by atoms with Gasteiger partial charge < -0.3 is 14.6 Å². The van der Waals surface area contributed by atoms with Crippen molar-refractivity contribution in [2.75, 3.05) is 12.0 Å². The molecule has 3 heterocycles. The summed E-state index contributed by atoms with van der Waals surface area (Å²) in [5.41, 5.74) is 1.01. The third-order valence-corrected chi connectivity index (χ3v) is 7.57. The summed E-state index contributed by atoms with van der Waals surface area (Å²) < 4.78 is 4.93. The van der Waals surface area contributed by atoms with Crippen LogP contribution in [0.5, 0.6) is 0 Å². The van der Waals surface area contributed by atoms with Crippen LogP contribution in [0, 0.1) is 0 Å². The summed E-state index contributed by atoms with van der Waals surface area (Å²) in [6, 6.07) is 2.80. The number of carbonyl (C=O) groups excluding carboxylic acids is 4. The van der Waals surface area contributed by atoms with Gasteiger partial charge in [0.15, 0.2) is 0 Å². The SMILES string of the molecule is COC(=O)c1c(N2C(=O)C[C@@H](Sc3ncccc3C(=O)[O-])C2=O)sc2c1CCCC2. The highest BCUT2D eigenvalue weighted by Gasteiger charge is 2.44. The lowest BCUT2D eigenvalue weighted by Gasteiger charge is -2.16. The number of thioether (sulfide) groups is 1. The van der Waals surface area contributed by atoms with Crippen LogP contribution in [0.25, 0.3) is 0 Å². The Kier molecular flexibility index (Phi) is 5.61. The van der Waals surface area contributed by atoms with E-state index in [0.29, 0.717) is 11.4 Å². The zero-order valence-corrected chi connectivity index (χ0v) is 17.6. The lowest BCUT2D eigenvalue weighted by atomic mass is 9.95. The molecule has 1 aliphatic heterocycles. The van der Waals surface area contributed by atoms with Gasteiger partial charge in [-0.05, 0) is 43.4 Å². The maximum absolute atomic E-state index is 13.1. The van der Waals surface area contributed by atoms with Crippen molar-refractivity contribution in [1.82, 2.24) is 4.98 Å². The third kappa shape index (κ3) is 3.50. The van der Waals surface area contributed by atoms with Gasteiger partial charge in [-0.25, -0.2) is 14.7 Å². The summed E-state index contributed by atoms with van der Waals surface area (Å²) in [7, 11) is 1.27. The zero-order chi connectivity index (χ0) is 21.4. The molecule has 0 aromatic carbocycles. The van der Waals surface area contributed by atoms with Crippen molar-refractivity contribution in [2.24, 2.45) is 0 Å². The van der Waals surface area contributed by atoms with E-state index in [2.05, 4.69) is 4.98 Å². The quantitative estimate of drug-likeness (QED) is 0.503. The first-order valence-electron chi connectivity index (χ1n) is 9.35. The molecule has 1 fully saturated rings. The van der Waals surface area contributed by atoms with E-state index < -0.39 is 29.0 Å². The topological polar surface area (TPSA) is 117 Å². The standard InChI is InChI=1S/C20H18N2O6S2/c1-28-20(27)15-10-5-2-3-7-12(10)30-18(15)22-14(23)9-13(17(22)24)29-16-11(19(25)26)6-4-8-21-16/h4,6,8,13H,2-3,5,7,9H2,1H3,(H,25,26)/p-1/t13-/m1/s1. The molecule has 2 aliphatic rings. The number of carboxylic acids is 1. The van der Waals surface area contributed by atoms with Crippen LogP contribution >= 0.6 is 23.1 Å². The summed E-state index contributed by atoms with van der Waals surface area (Å²) in [5.74, 6) is -2.90. The van der Waals surface area contributed by atoms with Gasteiger partial charge in [-0.2, -0.15) is 0 Å². The van der Waals surface area contributed by atoms with Crippen LogP contribution in [0.4, 0.5) is 5.00 Å². The van der Waals surface area contributed by atoms with Crippen LogP contribution < -0.4 is 10.0 Å². The molecule has 4 rings (SSSR count). The van der Waals surface area contributed by atoms with Gasteiger partial charge in [-0.3, -0.25) is 9.59 Å². The van der Waals surface area contributed by atoms with Crippen molar-refractivity contribution in [1.29, 1.82) is 0 Å². The number of rotatable bonds is 5. The molecule has 156 valence electrons. The average molecular weight is 445 g/mol. The van der Waals surface area contributed by atoms with Gasteiger partial charge in [-0.1, -0.05) is 11.8 Å². The minimum atomic E-state index is -1.40. The number of imide groups is 1. The maximum Gasteiger partial charge on any atom is 0.341 e. The number of aryl methyl sites for hydroxylation is 1. The van der Waals surface area contributed by atoms with Crippen molar-refractivity contribution in [3.05, 3.63) is 39.9 Å². The number of ether oxygens (including phenoxy) is 1. The normalized spacial score (nSPS) is 18.4. The number of carbonyl (C=O) groups is 4. The highest BCUT2D eigenvalue weighted by atomic mass is 32.2. The summed E-state index contributed by atoms with van der Waals surface area (Å²) in [6.45, 7) is 0. The minimum Gasteiger partial charge on any atom is -0.545 e. The molecule has 8 nitrogen and oxygen atoms in total. The van der Waals surface area contributed by atoms with Crippen molar-refractivity contribution in [3.8, 4) is 0 Å². The van der Waals surface area contributed by atoms with Crippen LogP contribution in [-0.4, -0.2) is 41.1 Å². The number of hydrogen-bond donors (Lipinski definition) is 0. The molecule has 2 aromatic heterocycles. The Labute approximate surface area is 180 Å². The van der Waals surface area contributed by atoms with Crippen LogP contribution in [0.2, 0.25) is 0 Å². The Balaban J connectivity index is 1.68. The largest absolute Gasteiger partial charge is 0.545 e. The molecule has 0 radical (unpaired) electrons. The fraction of sp³-hybridized carbons (Fsp3) is 0.350. The number of anilines is 1. The number of pyridine rings is 1. The van der Waals surface area contributed by atoms with Gasteiger partial charge in [0.1, 0.15) is 10.0 Å². The minimum absolute atomic E-state index is 0.115. The monoisotopic (exact) mass is 445 g/mol. The Morgan fingerprint density at radius 1 is 1.30 bits per heavy atom. The molecule has 0 unspecified atom stereocenters. The number of esters is 1. The molecule has 0 saturated carbocycles. The number of carboxylic acid groups (broad SMARTS) is 1. The number of methoxy groups -OCH3 is 1. The second-order valence-corrected chi connectivity index (χ2v) is 9.18. The lowest BCUT2D eigenvalue weighted by Crippen LogP contribution is -2.32. The van der Waals surface area contributed by atoms with E-state index in [4.69, 9.17) is 4.74 Å². The average Bonchev–Trinajstić information content (AvgIpc) is 3.24. The van der Waals surface area contributed by atoms with Crippen molar-refractivity contribution < 1.29 is 29.0 Å². The molecule has 0 spiro atoms. The van der Waals surface area contributed by atoms with Gasteiger partial charge in [0.05, 0.1) is 23.9 Å². The Morgan fingerprint density at radius 3 is 2.80 bits per heavy atom. The summed E-state index contributed by atoms with van der Waals surface area (Å²) >= 11 is 2.20. The van der Waals surface area contributed by atoms with E-state index in [-0.39, 0.29) is 22.6 Å². The summed E-state index contributed by atoms with van der Waals surface area (Å²) in [4.78, 5) is 55.8. The summed E-state index contributed by atoms with van der Waals surface area (Å²) in [5, 5.41) is 10.9. The predicted octanol–water partition coefficient (Wildman–Crippen LogP) is 1.60. The molecule has 0 bridgehead atoms. The van der Waals surface area contributed by atoms with Crippen molar-refractivity contribution >= 4 is 51.9 Å². The lowest BCUT2D eigenvalue weighted by molar-refractivity contribution is -0.255. The van der Waals surface area contributed by atoms with Crippen LogP contribution in [-0.2, 0) is 27.2 Å². The fourth-order valence-corrected chi connectivity index (χ4v) is 6.21. The van der Waals surface area contributed by atoms with E-state index in [9.17, 15) is 24.3 Å². The van der Waals surface area contributed by atoms with Crippen molar-refractivity contribution in [3.63, 3.8) is 0 Å². The Morgan fingerprint density at radius 2 is 2.07 bits per heavy atom. The predicted molar refractivity (Wildman–Crippen MR) is 108 cm³/mol. The molecule has 1 aliphatic carbocycles. The van der Waals surface area contributed by atoms with Gasteiger partial charge in [0, 0.05) is 23.1 Å². The van der Waals surface area contributed by atoms with Gasteiger partial charge in [-0.15, -0.1) is 11.3 Å². The molecule has 30 heavy (non-hydrogen) atoms. The number of hydrogen-bond acceptors (Lipinski definition) is 9. The number of thiophene rings is 1. The highest BCUT2D eigenvalue weighted by molar-refractivity contribution is 8.00. The van der Waals surface area contributed by atoms with Gasteiger partial charge in [0.25, 0.3) is 0 Å². The first kappa shape index (κ1) is 20.5. The highest BCUT2D eigenvalue weighted by Crippen LogP contribution is 2.44. The first-order valence-corrected chi connectivity index (χ1v) is 11.0. The first-order chi connectivity index (χ1) is 14.4. The third-order valence-electron chi connectivity index (χ3n) is 5.10. The molecule has 1 saturated heterocycles. The Hall–Kier alpha value is -2.72. The second kappa shape index (κ2) is 8.19. The fourth-order valence-electron chi connectivity index (χ4n) is 3.71. The van der Waals surface area contributed by atoms with E-state index in [1.54, 1.807) is 0 Å². The van der Waals surface area contributed by atoms with Crippen LogP contribution in [0.1, 0.15) is 50.4 Å². The van der Waals surface area contributed by atoms with Gasteiger partial charge >= 0.3 is 5.97 Å². The number of fused-ring (bicyclic) bond motifs is 1. The molecule has 0 N–H and O–H groups in total. The maximum atomic E-state index is 13.1. The molecule has 1 atom stereocenters.